The van der Waals surface area contributed by atoms with E-state index in [1.54, 1.807) is 21.6 Å². The lowest BCUT2D eigenvalue weighted by Gasteiger charge is -2.39. The fourth-order valence-electron chi connectivity index (χ4n) is 7.72. The van der Waals surface area contributed by atoms with Crippen molar-refractivity contribution in [1.29, 1.82) is 0 Å². The number of amides is 3. The Morgan fingerprint density at radius 1 is 0.930 bits per heavy atom. The molecule has 0 saturated carbocycles. The van der Waals surface area contributed by atoms with Gasteiger partial charge in [0.2, 0.25) is 11.8 Å². The number of fused-ring (bicyclic) bond motifs is 2. The molecule has 1 unspecified atom stereocenters. The number of aryl methyl sites for hydroxylation is 2. The zero-order valence-corrected chi connectivity index (χ0v) is 26.2. The number of carbonyl (C=O) groups is 3. The van der Waals surface area contributed by atoms with E-state index in [2.05, 4.69) is 26.0 Å². The molecule has 1 spiro atoms. The number of thioether (sulfide) groups is 1. The normalized spacial score (nSPS) is 29.1. The van der Waals surface area contributed by atoms with Gasteiger partial charge < -0.3 is 19.8 Å². The molecule has 2 saturated heterocycles. The topological polar surface area (TPSA) is 81.2 Å². The van der Waals surface area contributed by atoms with Gasteiger partial charge in [-0.1, -0.05) is 86.7 Å². The summed E-state index contributed by atoms with van der Waals surface area (Å²) >= 11 is 1.59. The van der Waals surface area contributed by atoms with Crippen LogP contribution in [0.15, 0.2) is 72.8 Å². The average Bonchev–Trinajstić information content (AvgIpc) is 3.31. The van der Waals surface area contributed by atoms with Crippen LogP contribution in [-0.4, -0.2) is 74.4 Å². The average molecular weight is 600 g/mol. The summed E-state index contributed by atoms with van der Waals surface area (Å²) in [7, 11) is 0. The highest BCUT2D eigenvalue weighted by atomic mass is 32.2. The number of aliphatic hydroxyl groups excluding tert-OH is 1. The first kappa shape index (κ1) is 29.7. The van der Waals surface area contributed by atoms with Gasteiger partial charge in [-0.05, 0) is 42.9 Å². The van der Waals surface area contributed by atoms with Crippen LogP contribution in [0.4, 0.5) is 5.69 Å². The highest BCUT2D eigenvalue weighted by Gasteiger charge is 2.71. The summed E-state index contributed by atoms with van der Waals surface area (Å²) in [6.45, 7) is 9.20. The number of carbonyl (C=O) groups excluding carboxylic acids is 3. The molecule has 0 aliphatic carbocycles. The van der Waals surface area contributed by atoms with E-state index in [1.165, 1.54) is 0 Å². The highest BCUT2D eigenvalue weighted by molar-refractivity contribution is 8.02. The van der Waals surface area contributed by atoms with Crippen LogP contribution in [0.25, 0.3) is 0 Å². The van der Waals surface area contributed by atoms with E-state index in [-0.39, 0.29) is 35.5 Å². The van der Waals surface area contributed by atoms with E-state index in [0.29, 0.717) is 26.1 Å². The van der Waals surface area contributed by atoms with E-state index in [0.717, 1.165) is 22.4 Å². The van der Waals surface area contributed by atoms with Crippen molar-refractivity contribution in [3.63, 3.8) is 0 Å². The van der Waals surface area contributed by atoms with Crippen LogP contribution < -0.4 is 4.90 Å². The van der Waals surface area contributed by atoms with Crippen LogP contribution in [0.2, 0.25) is 0 Å². The van der Waals surface area contributed by atoms with Crippen molar-refractivity contribution in [2.75, 3.05) is 24.6 Å². The molecule has 8 heteroatoms. The summed E-state index contributed by atoms with van der Waals surface area (Å²) in [4.78, 5) is 49.3. The molecule has 226 valence electrons. The quantitative estimate of drug-likeness (QED) is 0.474. The molecule has 0 aromatic heterocycles. The molecule has 4 aliphatic rings. The number of benzene rings is 2. The molecule has 2 fully saturated rings. The van der Waals surface area contributed by atoms with Crippen LogP contribution in [0, 0.1) is 31.6 Å². The van der Waals surface area contributed by atoms with E-state index in [1.807, 2.05) is 79.4 Å². The van der Waals surface area contributed by atoms with Gasteiger partial charge in [0.1, 0.15) is 6.04 Å². The number of likely N-dealkylation sites (tertiary alicyclic amines) is 1. The molecule has 4 heterocycles. The Kier molecular flexibility index (Phi) is 8.03. The second-order valence-corrected chi connectivity index (χ2v) is 14.3. The molecule has 43 heavy (non-hydrogen) atoms. The number of nitrogens with zero attached hydrogens (tertiary/aromatic N) is 3. The van der Waals surface area contributed by atoms with Gasteiger partial charge in [-0.25, -0.2) is 0 Å². The predicted octanol–water partition coefficient (Wildman–Crippen LogP) is 4.51. The summed E-state index contributed by atoms with van der Waals surface area (Å²) < 4.78 is -0.922. The molecule has 6 atom stereocenters. The highest BCUT2D eigenvalue weighted by Crippen LogP contribution is 2.61. The minimum absolute atomic E-state index is 0.0525. The lowest BCUT2D eigenvalue weighted by atomic mass is 9.78. The van der Waals surface area contributed by atoms with Crippen molar-refractivity contribution in [2.24, 2.45) is 17.8 Å². The second-order valence-electron chi connectivity index (χ2n) is 12.8. The molecule has 2 aromatic carbocycles. The van der Waals surface area contributed by atoms with E-state index in [4.69, 9.17) is 0 Å². The predicted molar refractivity (Wildman–Crippen MR) is 170 cm³/mol. The van der Waals surface area contributed by atoms with E-state index < -0.39 is 28.7 Å². The Bertz CT molecular complexity index is 1450. The summed E-state index contributed by atoms with van der Waals surface area (Å²) in [6.07, 6.45) is 8.74. The standard InChI is InChI=1S/C35H41N3O4S/c1-22(2)19-26(21-39)38-31-34(42)37(30-23(3)11-8-12-24(30)4)18-10-16-35(31)29(33(38)41)28-27(43-35)15-9-17-36(32(28)40)20-25-13-6-5-7-14-25/h5-16,22,26-29,31,39H,17-21H2,1-4H3/t26-,27-,28+,29+,31?,35+/m1/s1. The van der Waals surface area contributed by atoms with Gasteiger partial charge in [0.25, 0.3) is 5.91 Å². The molecule has 0 bridgehead atoms. The minimum atomic E-state index is -0.922. The SMILES string of the molecule is Cc1cccc(C)c1N1CC=C[C@]23S[C@@H]4C=CCN(Cc5ccccc5)C(=O)[C@@H]4[C@H]2C(=O)N([C@@H](CO)CC(C)C)C3C1=O. The number of para-hydroxylation sites is 1. The summed E-state index contributed by atoms with van der Waals surface area (Å²) in [5.41, 5.74) is 3.87. The molecule has 0 radical (unpaired) electrons. The van der Waals surface area contributed by atoms with Crippen molar-refractivity contribution in [3.8, 4) is 0 Å². The Labute approximate surface area is 258 Å². The lowest BCUT2D eigenvalue weighted by molar-refractivity contribution is -0.145. The largest absolute Gasteiger partial charge is 0.394 e. The zero-order valence-electron chi connectivity index (χ0n) is 25.3. The van der Waals surface area contributed by atoms with Crippen LogP contribution >= 0.6 is 11.8 Å². The molecule has 4 aliphatic heterocycles. The van der Waals surface area contributed by atoms with Crippen molar-refractivity contribution in [1.82, 2.24) is 9.80 Å². The molecule has 1 N–H and O–H groups in total. The smallest absolute Gasteiger partial charge is 0.251 e. The maximum atomic E-state index is 14.9. The fourth-order valence-corrected chi connectivity index (χ4v) is 9.71. The Hall–Kier alpha value is -3.36. The first-order valence-corrected chi connectivity index (χ1v) is 16.2. The van der Waals surface area contributed by atoms with Crippen LogP contribution in [-0.2, 0) is 20.9 Å². The van der Waals surface area contributed by atoms with Crippen molar-refractivity contribution >= 4 is 35.2 Å². The van der Waals surface area contributed by atoms with Crippen molar-refractivity contribution in [3.05, 3.63) is 89.5 Å². The molecular weight excluding hydrogens is 558 g/mol. The zero-order chi connectivity index (χ0) is 30.5. The van der Waals surface area contributed by atoms with Gasteiger partial charge in [-0.2, -0.15) is 0 Å². The van der Waals surface area contributed by atoms with Crippen molar-refractivity contribution in [2.45, 2.75) is 62.7 Å². The minimum Gasteiger partial charge on any atom is -0.394 e. The first-order chi connectivity index (χ1) is 20.7. The van der Waals surface area contributed by atoms with Crippen LogP contribution in [0.1, 0.15) is 37.0 Å². The number of aliphatic hydroxyl groups is 1. The third kappa shape index (κ3) is 4.92. The number of hydrogen-bond donors (Lipinski definition) is 1. The number of anilines is 1. The van der Waals surface area contributed by atoms with Crippen LogP contribution in [0.3, 0.4) is 0 Å². The van der Waals surface area contributed by atoms with Gasteiger partial charge in [-0.15, -0.1) is 11.8 Å². The third-order valence-electron chi connectivity index (χ3n) is 9.45. The lowest BCUT2D eigenvalue weighted by Crippen LogP contribution is -2.57. The molecule has 2 aromatic rings. The summed E-state index contributed by atoms with van der Waals surface area (Å²) in [5.74, 6) is -1.51. The number of rotatable bonds is 7. The monoisotopic (exact) mass is 599 g/mol. The Morgan fingerprint density at radius 3 is 2.33 bits per heavy atom. The Morgan fingerprint density at radius 2 is 1.65 bits per heavy atom. The van der Waals surface area contributed by atoms with Gasteiger partial charge in [-0.3, -0.25) is 14.4 Å². The van der Waals surface area contributed by atoms with E-state index >= 15 is 0 Å². The summed E-state index contributed by atoms with van der Waals surface area (Å²) in [6, 6.07) is 14.5. The van der Waals surface area contributed by atoms with Crippen molar-refractivity contribution < 1.29 is 19.5 Å². The van der Waals surface area contributed by atoms with Crippen LogP contribution in [0.5, 0.6) is 0 Å². The molecule has 3 amide bonds. The van der Waals surface area contributed by atoms with Gasteiger partial charge >= 0.3 is 0 Å². The number of hydrogen-bond acceptors (Lipinski definition) is 5. The Balaban J connectivity index is 1.45. The fraction of sp³-hybridized carbons (Fsp3) is 0.457. The third-order valence-corrected chi connectivity index (χ3v) is 11.2. The maximum absolute atomic E-state index is 14.9. The van der Waals surface area contributed by atoms with Gasteiger partial charge in [0.15, 0.2) is 0 Å². The molecule has 7 nitrogen and oxygen atoms in total. The first-order valence-electron chi connectivity index (χ1n) is 15.3. The van der Waals surface area contributed by atoms with E-state index in [9.17, 15) is 19.5 Å². The van der Waals surface area contributed by atoms with Gasteiger partial charge in [0.05, 0.1) is 29.2 Å². The summed E-state index contributed by atoms with van der Waals surface area (Å²) in [5, 5.41) is 10.4. The molecule has 6 rings (SSSR count). The molecular formula is C35H41N3O4S. The second kappa shape index (κ2) is 11.6. The maximum Gasteiger partial charge on any atom is 0.251 e. The van der Waals surface area contributed by atoms with Gasteiger partial charge in [0, 0.05) is 30.6 Å².